The quantitative estimate of drug-likeness (QED) is 0.0656. The van der Waals surface area contributed by atoms with Gasteiger partial charge in [0.15, 0.2) is 12.4 Å². The molecule has 1 saturated heterocycles. The Bertz CT molecular complexity index is 668. The minimum absolute atomic E-state index is 0.0610. The molecule has 0 saturated carbocycles. The molecule has 1 heterocycles. The van der Waals surface area contributed by atoms with Gasteiger partial charge in [0.1, 0.15) is 24.5 Å². The lowest BCUT2D eigenvalue weighted by Gasteiger charge is -2.44. The fourth-order valence-corrected chi connectivity index (χ4v) is 4.63. The smallest absolute Gasteiger partial charge is 0.387 e. The van der Waals surface area contributed by atoms with Crippen LogP contribution < -0.4 is 5.32 Å². The van der Waals surface area contributed by atoms with E-state index in [1.54, 1.807) is 0 Å². The predicted octanol–water partition coefficient (Wildman–Crippen LogP) is 0.641. The molecular weight excluding hydrogens is 486 g/mol. The Hall–Kier alpha value is -0.450. The fourth-order valence-electron chi connectivity index (χ4n) is 4.17. The lowest BCUT2D eigenvalue weighted by atomic mass is 9.96. The summed E-state index contributed by atoms with van der Waals surface area (Å²) in [6.07, 6.45) is 2.65. The van der Waals surface area contributed by atoms with Crippen LogP contribution in [0.5, 0.6) is 0 Å². The van der Waals surface area contributed by atoms with Gasteiger partial charge in [-0.3, -0.25) is 4.55 Å². The Labute approximate surface area is 208 Å². The molecule has 35 heavy (non-hydrogen) atoms. The van der Waals surface area contributed by atoms with E-state index >= 15 is 0 Å². The zero-order chi connectivity index (χ0) is 26.5. The van der Waals surface area contributed by atoms with E-state index in [0.29, 0.717) is 6.42 Å². The Balaban J connectivity index is 2.39. The van der Waals surface area contributed by atoms with E-state index in [1.165, 1.54) is 51.4 Å². The molecule has 13 heteroatoms. The summed E-state index contributed by atoms with van der Waals surface area (Å²) < 4.78 is 40.5. The summed E-state index contributed by atoms with van der Waals surface area (Å²) in [6, 6.07) is 0. The largest absolute Gasteiger partial charge is 0.401 e. The number of ether oxygens (including phenoxy) is 1. The summed E-state index contributed by atoms with van der Waals surface area (Å²) in [5, 5.41) is 62.0. The predicted molar refractivity (Wildman–Crippen MR) is 126 cm³/mol. The summed E-state index contributed by atoms with van der Waals surface area (Å²) in [7, 11) is -5.34. The number of hydrogen-bond donors (Lipinski definition) is 8. The molecule has 8 N–H and O–H groups in total. The van der Waals surface area contributed by atoms with Crippen LogP contribution in [0.4, 0.5) is 0 Å². The van der Waals surface area contributed by atoms with E-state index in [9.17, 15) is 39.1 Å². The van der Waals surface area contributed by atoms with Crippen molar-refractivity contribution < 1.29 is 52.5 Å². The first-order valence-corrected chi connectivity index (χ1v) is 14.0. The van der Waals surface area contributed by atoms with Crippen molar-refractivity contribution in [1.82, 2.24) is 5.32 Å². The third kappa shape index (κ3) is 12.6. The lowest BCUT2D eigenvalue weighted by molar-refractivity contribution is -0.355. The number of nitrogens with one attached hydrogen (secondary N) is 1. The molecule has 1 aliphatic rings. The molecule has 0 aromatic rings. The second-order valence-electron chi connectivity index (χ2n) is 9.32. The Morgan fingerprint density at radius 3 is 1.74 bits per heavy atom. The highest BCUT2D eigenvalue weighted by Crippen LogP contribution is 2.29. The topological polar surface area (TPSA) is 206 Å². The van der Waals surface area contributed by atoms with Gasteiger partial charge in [-0.2, -0.15) is 12.6 Å². The van der Waals surface area contributed by atoms with Gasteiger partial charge >= 0.3 is 10.4 Å². The minimum Gasteiger partial charge on any atom is -0.387 e. The van der Waals surface area contributed by atoms with Crippen molar-refractivity contribution in [2.45, 2.75) is 140 Å². The van der Waals surface area contributed by atoms with Crippen molar-refractivity contribution in [2.75, 3.05) is 0 Å². The molecular formula is C22H45NO11S. The molecule has 3 unspecified atom stereocenters. The molecule has 0 spiro atoms. The van der Waals surface area contributed by atoms with E-state index in [1.807, 2.05) is 5.32 Å². The first kappa shape index (κ1) is 32.6. The normalized spacial score (nSPS) is 28.1. The van der Waals surface area contributed by atoms with Gasteiger partial charge in [-0.05, 0) is 12.8 Å². The molecule has 0 aliphatic carbocycles. The van der Waals surface area contributed by atoms with Crippen LogP contribution in [0.2, 0.25) is 0 Å². The van der Waals surface area contributed by atoms with Crippen molar-refractivity contribution in [3.05, 3.63) is 0 Å². The van der Waals surface area contributed by atoms with Crippen LogP contribution in [0.15, 0.2) is 0 Å². The van der Waals surface area contributed by atoms with Gasteiger partial charge in [0.05, 0.1) is 0 Å². The molecule has 0 amide bonds. The van der Waals surface area contributed by atoms with Crippen molar-refractivity contribution in [3.8, 4) is 0 Å². The van der Waals surface area contributed by atoms with Gasteiger partial charge < -0.3 is 35.4 Å². The first-order chi connectivity index (χ1) is 16.4. The summed E-state index contributed by atoms with van der Waals surface area (Å²) in [6.45, 7) is 2.21. The highest BCUT2D eigenvalue weighted by Gasteiger charge is 2.55. The Morgan fingerprint density at radius 1 is 0.829 bits per heavy atom. The van der Waals surface area contributed by atoms with Gasteiger partial charge in [0.25, 0.3) is 5.91 Å². The van der Waals surface area contributed by atoms with Crippen LogP contribution in [0.3, 0.4) is 0 Å². The molecule has 12 nitrogen and oxygen atoms in total. The highest BCUT2D eigenvalue weighted by molar-refractivity contribution is 7.80. The van der Waals surface area contributed by atoms with Crippen LogP contribution in [0.25, 0.3) is 0 Å². The molecule has 0 radical (unpaired) electrons. The molecule has 1 rings (SSSR count). The maximum Gasteiger partial charge on any atom is 0.401 e. The molecule has 1 aliphatic heterocycles. The minimum atomic E-state index is -5.34. The third-order valence-electron chi connectivity index (χ3n) is 6.16. The van der Waals surface area contributed by atoms with Crippen LogP contribution in [-0.4, -0.2) is 86.5 Å². The zero-order valence-electron chi connectivity index (χ0n) is 20.5. The van der Waals surface area contributed by atoms with E-state index < -0.39 is 53.2 Å². The summed E-state index contributed by atoms with van der Waals surface area (Å²) in [5.74, 6) is -3.26. The van der Waals surface area contributed by atoms with Crippen LogP contribution in [-0.2, 0) is 19.3 Å². The Morgan fingerprint density at radius 2 is 1.29 bits per heavy atom. The van der Waals surface area contributed by atoms with Gasteiger partial charge in [0.2, 0.25) is 0 Å². The average Bonchev–Trinajstić information content (AvgIpc) is 2.76. The maximum atomic E-state index is 11.2. The first-order valence-electron chi connectivity index (χ1n) is 12.6. The van der Waals surface area contributed by atoms with Crippen LogP contribution in [0.1, 0.15) is 96.8 Å². The molecule has 210 valence electrons. The Kier molecular flexibility index (Phi) is 15.3. The standard InChI is InChI=1S/C22H45NO11S/c1-2-3-4-5-6-7-8-9-10-11-12-13-14-15-16(24)23-22(29,34-35(30,31)32)20-18(26)17(25)19(27)21(28)33-20/h16-21,23-29H,2-15H2,1H3,(H,30,31,32)/t16?,17-,18-,19+,20-,21?,22?/m0/s1. The number of hydrogen-bond acceptors (Lipinski definition) is 11. The average molecular weight is 532 g/mol. The molecule has 7 atom stereocenters. The fraction of sp³-hybridized carbons (Fsp3) is 1.00. The van der Waals surface area contributed by atoms with E-state index in [0.717, 1.165) is 25.7 Å². The SMILES string of the molecule is CCCCCCCCCCCCCCCC(O)NC(O)(OS(=O)(=O)O)[C@H]1OC(O)[C@H](O)[C@@H](O)[C@@H]1O. The zero-order valence-corrected chi connectivity index (χ0v) is 21.4. The van der Waals surface area contributed by atoms with E-state index in [2.05, 4.69) is 11.1 Å². The number of rotatable bonds is 19. The molecule has 0 bridgehead atoms. The van der Waals surface area contributed by atoms with E-state index in [-0.39, 0.29) is 6.42 Å². The number of aliphatic hydroxyl groups excluding tert-OH is 5. The lowest BCUT2D eigenvalue weighted by Crippen LogP contribution is -2.71. The molecule has 0 aromatic heterocycles. The summed E-state index contributed by atoms with van der Waals surface area (Å²) in [4.78, 5) is 0. The van der Waals surface area contributed by atoms with Crippen molar-refractivity contribution in [3.63, 3.8) is 0 Å². The van der Waals surface area contributed by atoms with Crippen molar-refractivity contribution in [2.24, 2.45) is 0 Å². The van der Waals surface area contributed by atoms with Crippen molar-refractivity contribution >= 4 is 10.4 Å². The van der Waals surface area contributed by atoms with Crippen molar-refractivity contribution in [1.29, 1.82) is 0 Å². The van der Waals surface area contributed by atoms with Gasteiger partial charge in [0, 0.05) is 0 Å². The van der Waals surface area contributed by atoms with Crippen LogP contribution >= 0.6 is 0 Å². The monoisotopic (exact) mass is 531 g/mol. The highest BCUT2D eigenvalue weighted by atomic mass is 32.3. The number of unbranched alkanes of at least 4 members (excludes halogenated alkanes) is 12. The third-order valence-corrected chi connectivity index (χ3v) is 6.63. The second-order valence-corrected chi connectivity index (χ2v) is 10.3. The molecule has 1 fully saturated rings. The summed E-state index contributed by atoms with van der Waals surface area (Å²) in [5.41, 5.74) is 0. The van der Waals surface area contributed by atoms with Gasteiger partial charge in [-0.1, -0.05) is 84.0 Å². The second kappa shape index (κ2) is 16.4. The van der Waals surface area contributed by atoms with Gasteiger partial charge in [-0.25, -0.2) is 5.32 Å². The maximum absolute atomic E-state index is 11.2. The van der Waals surface area contributed by atoms with E-state index in [4.69, 9.17) is 9.29 Å². The number of aliphatic hydroxyl groups is 6. The van der Waals surface area contributed by atoms with Gasteiger partial charge in [-0.15, -0.1) is 0 Å². The molecule has 0 aromatic carbocycles. The summed E-state index contributed by atoms with van der Waals surface area (Å²) >= 11 is 0. The van der Waals surface area contributed by atoms with Crippen LogP contribution in [0, 0.1) is 0 Å².